The van der Waals surface area contributed by atoms with Crippen molar-refractivity contribution in [2.24, 2.45) is 5.73 Å². The van der Waals surface area contributed by atoms with E-state index in [0.29, 0.717) is 16.3 Å². The number of likely N-dealkylation sites (N-methyl/N-ethyl adjacent to an activating group) is 1. The smallest absolute Gasteiger partial charge is 0.261 e. The fourth-order valence-electron chi connectivity index (χ4n) is 2.41. The van der Waals surface area contributed by atoms with Crippen molar-refractivity contribution in [1.29, 1.82) is 0 Å². The van der Waals surface area contributed by atoms with Crippen LogP contribution in [0.15, 0.2) is 0 Å². The van der Waals surface area contributed by atoms with Crippen LogP contribution in [0.2, 0.25) is 0 Å². The molecule has 118 valence electrons. The summed E-state index contributed by atoms with van der Waals surface area (Å²) in [6, 6.07) is 0. The highest BCUT2D eigenvalue weighted by atomic mass is 32.1. The van der Waals surface area contributed by atoms with Gasteiger partial charge in [0, 0.05) is 19.6 Å². The quantitative estimate of drug-likeness (QED) is 0.877. The van der Waals surface area contributed by atoms with Crippen LogP contribution in [0, 0.1) is 0 Å². The third kappa shape index (κ3) is 3.59. The maximum atomic E-state index is 11.5. The zero-order valence-corrected chi connectivity index (χ0v) is 13.7. The highest BCUT2D eigenvalue weighted by Gasteiger charge is 2.26. The van der Waals surface area contributed by atoms with Crippen molar-refractivity contribution in [3.05, 3.63) is 4.88 Å². The predicted molar refractivity (Wildman–Crippen MR) is 87.3 cm³/mol. The summed E-state index contributed by atoms with van der Waals surface area (Å²) in [7, 11) is 2.12. The standard InChI is InChI=1S/C14H24N4O2S/c1-9(2)20-11-10(15)12(13(16)19)21-14(11)18-6-4-5-17(3)7-8-18/h9H,4-8,15H2,1-3H3,(H2,16,19). The molecule has 1 fully saturated rings. The number of nitrogen functional groups attached to an aromatic ring is 1. The average Bonchev–Trinajstić information content (AvgIpc) is 2.58. The van der Waals surface area contributed by atoms with E-state index in [4.69, 9.17) is 16.2 Å². The highest BCUT2D eigenvalue weighted by molar-refractivity contribution is 7.19. The number of carbonyl (C=O) groups excluding carboxylic acids is 1. The van der Waals surface area contributed by atoms with Gasteiger partial charge < -0.3 is 26.0 Å². The number of thiophene rings is 1. The number of nitrogens with zero attached hydrogens (tertiary/aromatic N) is 2. The van der Waals surface area contributed by atoms with E-state index in [-0.39, 0.29) is 6.10 Å². The summed E-state index contributed by atoms with van der Waals surface area (Å²) in [5.41, 5.74) is 11.9. The molecule has 6 nitrogen and oxygen atoms in total. The van der Waals surface area contributed by atoms with Crippen LogP contribution in [0.25, 0.3) is 0 Å². The van der Waals surface area contributed by atoms with Gasteiger partial charge >= 0.3 is 0 Å². The number of hydrogen-bond acceptors (Lipinski definition) is 6. The number of nitrogens with two attached hydrogens (primary N) is 2. The molecule has 2 rings (SSSR count). The maximum Gasteiger partial charge on any atom is 0.261 e. The fraction of sp³-hybridized carbons (Fsp3) is 0.643. The van der Waals surface area contributed by atoms with Gasteiger partial charge in [-0.25, -0.2) is 0 Å². The summed E-state index contributed by atoms with van der Waals surface area (Å²) in [5, 5.41) is 0.922. The lowest BCUT2D eigenvalue weighted by Gasteiger charge is -2.23. The van der Waals surface area contributed by atoms with Crippen molar-refractivity contribution < 1.29 is 9.53 Å². The molecule has 0 aromatic carbocycles. The molecule has 7 heteroatoms. The zero-order chi connectivity index (χ0) is 15.6. The van der Waals surface area contributed by atoms with E-state index in [1.807, 2.05) is 13.8 Å². The molecular weight excluding hydrogens is 288 g/mol. The van der Waals surface area contributed by atoms with E-state index < -0.39 is 5.91 Å². The van der Waals surface area contributed by atoms with Crippen LogP contribution in [0.4, 0.5) is 10.7 Å². The van der Waals surface area contributed by atoms with Gasteiger partial charge in [-0.2, -0.15) is 0 Å². The topological polar surface area (TPSA) is 84.8 Å². The second-order valence-corrected chi connectivity index (χ2v) is 6.65. The Morgan fingerprint density at radius 1 is 1.29 bits per heavy atom. The molecule has 4 N–H and O–H groups in total. The van der Waals surface area contributed by atoms with Crippen LogP contribution in [-0.2, 0) is 0 Å². The van der Waals surface area contributed by atoms with Crippen LogP contribution in [0.5, 0.6) is 5.75 Å². The van der Waals surface area contributed by atoms with E-state index in [2.05, 4.69) is 16.8 Å². The summed E-state index contributed by atoms with van der Waals surface area (Å²) in [6.45, 7) is 7.76. The van der Waals surface area contributed by atoms with E-state index in [0.717, 1.165) is 37.6 Å². The second-order valence-electron chi connectivity index (χ2n) is 5.65. The van der Waals surface area contributed by atoms with Gasteiger partial charge in [-0.3, -0.25) is 4.79 Å². The molecule has 2 heterocycles. The molecule has 1 aliphatic heterocycles. The van der Waals surface area contributed by atoms with Gasteiger partial charge in [0.25, 0.3) is 5.91 Å². The first-order valence-electron chi connectivity index (χ1n) is 7.22. The molecule has 21 heavy (non-hydrogen) atoms. The number of amides is 1. The van der Waals surface area contributed by atoms with Crippen LogP contribution >= 0.6 is 11.3 Å². The molecule has 1 aliphatic rings. The zero-order valence-electron chi connectivity index (χ0n) is 12.9. The Morgan fingerprint density at radius 3 is 2.62 bits per heavy atom. The normalized spacial score (nSPS) is 17.0. The molecule has 0 bridgehead atoms. The molecule has 1 aromatic rings. The SMILES string of the molecule is CC(C)Oc1c(N2CCCN(C)CC2)sc(C(N)=O)c1N. The minimum Gasteiger partial charge on any atom is -0.486 e. The van der Waals surface area contributed by atoms with Crippen LogP contribution in [0.1, 0.15) is 29.9 Å². The van der Waals surface area contributed by atoms with E-state index >= 15 is 0 Å². The van der Waals surface area contributed by atoms with Crippen molar-refractivity contribution in [1.82, 2.24) is 4.90 Å². The lowest BCUT2D eigenvalue weighted by molar-refractivity contribution is 0.100. The number of anilines is 2. The van der Waals surface area contributed by atoms with Crippen LogP contribution < -0.4 is 21.1 Å². The summed E-state index contributed by atoms with van der Waals surface area (Å²) in [5.74, 6) is 0.109. The Kier molecular flexibility index (Phi) is 4.95. The number of primary amides is 1. The first kappa shape index (κ1) is 15.9. The summed E-state index contributed by atoms with van der Waals surface area (Å²) >= 11 is 1.34. The number of rotatable bonds is 4. The predicted octanol–water partition coefficient (Wildman–Crippen LogP) is 1.36. The first-order valence-corrected chi connectivity index (χ1v) is 8.04. The molecule has 0 spiro atoms. The van der Waals surface area contributed by atoms with Crippen molar-refractivity contribution >= 4 is 27.9 Å². The van der Waals surface area contributed by atoms with Gasteiger partial charge in [0.1, 0.15) is 15.6 Å². The average molecular weight is 312 g/mol. The Balaban J connectivity index is 2.36. The third-order valence-electron chi connectivity index (χ3n) is 3.47. The molecule has 0 saturated carbocycles. The second kappa shape index (κ2) is 6.53. The highest BCUT2D eigenvalue weighted by Crippen LogP contribution is 2.45. The van der Waals surface area contributed by atoms with E-state index in [9.17, 15) is 4.79 Å². The van der Waals surface area contributed by atoms with Crippen molar-refractivity contribution in [3.63, 3.8) is 0 Å². The Hall–Kier alpha value is -1.47. The maximum absolute atomic E-state index is 11.5. The Bertz CT molecular complexity index is 515. The molecule has 1 amide bonds. The van der Waals surface area contributed by atoms with Gasteiger partial charge in [0.05, 0.1) is 6.10 Å². The molecule has 1 aromatic heterocycles. The molecule has 0 radical (unpaired) electrons. The monoisotopic (exact) mass is 312 g/mol. The fourth-order valence-corrected chi connectivity index (χ4v) is 3.47. The minimum absolute atomic E-state index is 0.00368. The van der Waals surface area contributed by atoms with Gasteiger partial charge in [-0.1, -0.05) is 0 Å². The molecule has 0 aliphatic carbocycles. The summed E-state index contributed by atoms with van der Waals surface area (Å²) in [6.07, 6.45) is 1.07. The molecule has 1 saturated heterocycles. The van der Waals surface area contributed by atoms with E-state index in [1.54, 1.807) is 0 Å². The Morgan fingerprint density at radius 2 is 2.00 bits per heavy atom. The van der Waals surface area contributed by atoms with E-state index in [1.165, 1.54) is 11.3 Å². The number of carbonyl (C=O) groups is 1. The lowest BCUT2D eigenvalue weighted by atomic mass is 10.3. The van der Waals surface area contributed by atoms with Crippen molar-refractivity contribution in [2.75, 3.05) is 43.9 Å². The molecule has 0 atom stereocenters. The largest absolute Gasteiger partial charge is 0.486 e. The lowest BCUT2D eigenvalue weighted by Crippen LogP contribution is -2.28. The Labute approximate surface area is 129 Å². The van der Waals surface area contributed by atoms with Gasteiger partial charge in [-0.05, 0) is 33.9 Å². The molecular formula is C14H24N4O2S. The van der Waals surface area contributed by atoms with Crippen molar-refractivity contribution in [3.8, 4) is 5.75 Å². The minimum atomic E-state index is -0.496. The van der Waals surface area contributed by atoms with Crippen LogP contribution in [0.3, 0.4) is 0 Å². The van der Waals surface area contributed by atoms with Gasteiger partial charge in [0.2, 0.25) is 0 Å². The van der Waals surface area contributed by atoms with Crippen LogP contribution in [-0.4, -0.2) is 50.1 Å². The summed E-state index contributed by atoms with van der Waals surface area (Å²) in [4.78, 5) is 16.5. The van der Waals surface area contributed by atoms with Crippen molar-refractivity contribution in [2.45, 2.75) is 26.4 Å². The third-order valence-corrected chi connectivity index (χ3v) is 4.73. The van der Waals surface area contributed by atoms with Gasteiger partial charge in [0.15, 0.2) is 5.75 Å². The van der Waals surface area contributed by atoms with Gasteiger partial charge in [-0.15, -0.1) is 11.3 Å². The molecule has 0 unspecified atom stereocenters. The number of ether oxygens (including phenoxy) is 1. The summed E-state index contributed by atoms with van der Waals surface area (Å²) < 4.78 is 5.85. The first-order chi connectivity index (χ1) is 9.90. The number of hydrogen-bond donors (Lipinski definition) is 2.